The van der Waals surface area contributed by atoms with Gasteiger partial charge in [0, 0.05) is 5.02 Å². The van der Waals surface area contributed by atoms with Gasteiger partial charge < -0.3 is 43.0 Å². The van der Waals surface area contributed by atoms with Gasteiger partial charge in [0.1, 0.15) is 41.9 Å². The van der Waals surface area contributed by atoms with Gasteiger partial charge in [-0.15, -0.1) is 0 Å². The molecule has 46 heavy (non-hydrogen) atoms. The number of nitrogens with zero attached hydrogens (tertiary/aromatic N) is 6. The Labute approximate surface area is 267 Å². The molecule has 0 aliphatic carbocycles. The Hall–Kier alpha value is -2.43. The molecule has 0 spiro atoms. The van der Waals surface area contributed by atoms with Crippen molar-refractivity contribution in [2.45, 2.75) is 62.5 Å². The van der Waals surface area contributed by atoms with E-state index in [1.807, 2.05) is 0 Å². The van der Waals surface area contributed by atoms with Crippen molar-refractivity contribution in [1.29, 1.82) is 0 Å². The van der Waals surface area contributed by atoms with Crippen molar-refractivity contribution >= 4 is 69.7 Å². The quantitative estimate of drug-likeness (QED) is 0.230. The van der Waals surface area contributed by atoms with E-state index >= 15 is 4.39 Å². The molecular weight excluding hydrogens is 668 g/mol. The molecule has 0 amide bonds. The summed E-state index contributed by atoms with van der Waals surface area (Å²) in [5.41, 5.74) is 6.29. The molecule has 4 unspecified atom stereocenters. The third kappa shape index (κ3) is 5.50. The van der Waals surface area contributed by atoms with Crippen molar-refractivity contribution in [2.75, 3.05) is 18.9 Å². The maximum absolute atomic E-state index is 16.0. The predicted octanol–water partition coefficient (Wildman–Crippen LogP) is 2.67. The number of alkyl halides is 1. The number of nitrogens with two attached hydrogens (primary N) is 1. The molecule has 0 saturated carbocycles. The van der Waals surface area contributed by atoms with Crippen LogP contribution in [0.4, 0.5) is 10.2 Å². The van der Waals surface area contributed by atoms with E-state index in [1.54, 1.807) is 19.1 Å². The number of hydrogen-bond acceptors (Lipinski definition) is 14. The second-order valence-corrected chi connectivity index (χ2v) is 14.9. The van der Waals surface area contributed by atoms with Gasteiger partial charge in [-0.2, -0.15) is 0 Å². The molecule has 22 heteroatoms. The van der Waals surface area contributed by atoms with Gasteiger partial charge in [0.2, 0.25) is 15.1 Å². The minimum Gasteiger partial charge on any atom is -0.386 e. The second kappa shape index (κ2) is 11.3. The maximum atomic E-state index is 16.0. The number of ether oxygens (including phenoxy) is 2. The number of fused-ring (bicyclic) bond motifs is 4. The average molecular weight is 694 g/mol. The van der Waals surface area contributed by atoms with Crippen molar-refractivity contribution in [3.63, 3.8) is 0 Å². The van der Waals surface area contributed by atoms with Crippen LogP contribution in [0.1, 0.15) is 24.9 Å². The van der Waals surface area contributed by atoms with Crippen molar-refractivity contribution in [2.24, 2.45) is 0 Å². The number of imidazole rings is 2. The third-order valence-electron chi connectivity index (χ3n) is 8.13. The third-order valence-corrected chi connectivity index (χ3v) is 10.6. The van der Waals surface area contributed by atoms with Crippen LogP contribution in [-0.2, 0) is 36.7 Å². The molecule has 7 rings (SSSR count). The summed E-state index contributed by atoms with van der Waals surface area (Å²) in [4.78, 5) is 16.4. The highest BCUT2D eigenvalue weighted by atomic mass is 35.5. The van der Waals surface area contributed by atoms with Crippen LogP contribution in [0.5, 0.6) is 0 Å². The highest BCUT2D eigenvalue weighted by molar-refractivity contribution is 7.79. The molecule has 1 aromatic carbocycles. The Balaban J connectivity index is 1.19. The summed E-state index contributed by atoms with van der Waals surface area (Å²) in [5, 5.41) is 11.9. The van der Waals surface area contributed by atoms with Crippen molar-refractivity contribution in [1.82, 2.24) is 29.1 Å². The van der Waals surface area contributed by atoms with Crippen LogP contribution in [0.2, 0.25) is 5.02 Å². The molecule has 3 fully saturated rings. The minimum absolute atomic E-state index is 0.0516. The van der Waals surface area contributed by atoms with Gasteiger partial charge in [-0.3, -0.25) is 13.7 Å². The molecule has 6 heterocycles. The van der Waals surface area contributed by atoms with E-state index in [-0.39, 0.29) is 17.0 Å². The van der Waals surface area contributed by atoms with Crippen molar-refractivity contribution in [3.05, 3.63) is 41.7 Å². The van der Waals surface area contributed by atoms with Gasteiger partial charge in [-0.1, -0.05) is 11.6 Å². The zero-order chi connectivity index (χ0) is 32.8. The molecule has 4 radical (unpaired) electrons. The fraction of sp³-hybridized carbons (Fsp3) is 0.500. The lowest BCUT2D eigenvalue weighted by atomic mass is 9.98. The van der Waals surface area contributed by atoms with Crippen LogP contribution in [0.15, 0.2) is 31.1 Å². The van der Waals surface area contributed by atoms with Gasteiger partial charge in [0.25, 0.3) is 14.9 Å². The molecule has 3 aliphatic heterocycles. The Morgan fingerprint density at radius 1 is 1.09 bits per heavy atom. The van der Waals surface area contributed by atoms with Crippen molar-refractivity contribution in [3.8, 4) is 0 Å². The maximum Gasteiger partial charge on any atom is 0.264 e. The Bertz CT molecular complexity index is 1940. The smallest absolute Gasteiger partial charge is 0.264 e. The number of halogens is 2. The Morgan fingerprint density at radius 2 is 1.83 bits per heavy atom. The van der Waals surface area contributed by atoms with E-state index in [2.05, 4.69) is 19.9 Å². The summed E-state index contributed by atoms with van der Waals surface area (Å²) in [7, 11) is 2.80. The molecule has 3 aromatic heterocycles. The molecule has 16 nitrogen and oxygen atoms in total. The fourth-order valence-electron chi connectivity index (χ4n) is 5.81. The lowest BCUT2D eigenvalue weighted by Gasteiger charge is -2.35. The number of rotatable bonds is 2. The molecule has 3 saturated heterocycles. The summed E-state index contributed by atoms with van der Waals surface area (Å²) in [6.07, 6.45) is -6.95. The summed E-state index contributed by atoms with van der Waals surface area (Å²) in [5.74, 6) is 0.0516. The number of benzene rings is 1. The molecule has 0 bridgehead atoms. The molecule has 10 atom stereocenters. The fourth-order valence-corrected chi connectivity index (χ4v) is 8.13. The van der Waals surface area contributed by atoms with Gasteiger partial charge in [0.15, 0.2) is 30.1 Å². The van der Waals surface area contributed by atoms with E-state index in [0.29, 0.717) is 16.1 Å². The molecule has 3 N–H and O–H groups in total. The predicted molar refractivity (Wildman–Crippen MR) is 161 cm³/mol. The first-order chi connectivity index (χ1) is 21.7. The lowest BCUT2D eigenvalue weighted by molar-refractivity contribution is -0.112. The average Bonchev–Trinajstić information content (AvgIpc) is 3.73. The van der Waals surface area contributed by atoms with Crippen LogP contribution >= 0.6 is 26.5 Å². The Morgan fingerprint density at radius 3 is 2.61 bits per heavy atom. The normalized spacial score (nSPS) is 38.8. The number of anilines is 1. The van der Waals surface area contributed by atoms with E-state index in [9.17, 15) is 14.2 Å². The molecule has 4 aromatic rings. The van der Waals surface area contributed by atoms with E-state index < -0.39 is 76.8 Å². The van der Waals surface area contributed by atoms with Gasteiger partial charge in [-0.25, -0.2) is 24.3 Å². The molecular formula is C24H25B2ClFN7O9P2. The SMILES string of the molecule is [B]P1(=O)OC[C@H]2O[C@@H](n3cnc4c(N)ncnc43)C(F)[C@H]2OP([B])(=O)OC[C@@]2(C)O[C@@H](n3cnc4cc(Cl)c(C)cc43)[C@@H](O)C2O1. The van der Waals surface area contributed by atoms with Crippen LogP contribution in [0, 0.1) is 6.92 Å². The largest absolute Gasteiger partial charge is 0.386 e. The molecule has 240 valence electrons. The number of aryl methyl sites for hydroxylation is 1. The molecule has 3 aliphatic rings. The first-order valence-corrected chi connectivity index (χ1v) is 17.4. The number of hydrogen-bond donors (Lipinski definition) is 2. The number of aromatic nitrogens is 6. The first-order valence-electron chi connectivity index (χ1n) is 13.8. The lowest BCUT2D eigenvalue weighted by Crippen LogP contribution is -2.46. The zero-order valence-electron chi connectivity index (χ0n) is 24.1. The Kier molecular flexibility index (Phi) is 7.92. The second-order valence-electron chi connectivity index (χ2n) is 11.4. The summed E-state index contributed by atoms with van der Waals surface area (Å²) in [6.45, 7) is 1.91. The monoisotopic (exact) mass is 693 g/mol. The van der Waals surface area contributed by atoms with Crippen LogP contribution in [-0.4, -0.2) is 98.7 Å². The van der Waals surface area contributed by atoms with Gasteiger partial charge in [-0.05, 0) is 31.5 Å². The van der Waals surface area contributed by atoms with E-state index in [0.717, 1.165) is 11.9 Å². The van der Waals surface area contributed by atoms with Crippen molar-refractivity contribution < 1.29 is 46.2 Å². The van der Waals surface area contributed by atoms with Gasteiger partial charge in [0.05, 0.1) is 36.9 Å². The minimum atomic E-state index is -4.58. The number of aliphatic hydroxyl groups excluding tert-OH is 1. The van der Waals surface area contributed by atoms with E-state index in [1.165, 1.54) is 28.7 Å². The highest BCUT2D eigenvalue weighted by Gasteiger charge is 2.57. The summed E-state index contributed by atoms with van der Waals surface area (Å²) in [6, 6.07) is 3.40. The van der Waals surface area contributed by atoms with Crippen LogP contribution < -0.4 is 5.73 Å². The van der Waals surface area contributed by atoms with E-state index in [4.69, 9.17) is 60.0 Å². The van der Waals surface area contributed by atoms with Crippen LogP contribution in [0.25, 0.3) is 22.2 Å². The topological polar surface area (TPSA) is 197 Å². The highest BCUT2D eigenvalue weighted by Crippen LogP contribution is 2.55. The van der Waals surface area contributed by atoms with Crippen LogP contribution in [0.3, 0.4) is 0 Å². The summed E-state index contributed by atoms with van der Waals surface area (Å²) >= 11 is 6.24. The number of aliphatic hydroxyl groups is 1. The standard InChI is InChI=1S/C24H25B2ClFN7O9P2/c1-10-3-13-12(4-11(10)27)32-8-34(13)23-17(36)19-24(2,42-23)6-40-46(26,38)43-18-14(5-39-45(25,37)44-19)41-22(15(18)28)35-9-33-16-20(29)30-7-31-21(16)35/h3-4,7-9,14-15,17-19,22-23,36H,5-6H2,1-2H3,(H2,29,30,31)/t14-,15?,17+,18+,19?,22-,23-,24-,45?,46?/m1/s1. The number of nitrogen functional groups attached to an aromatic ring is 1. The summed E-state index contributed by atoms with van der Waals surface area (Å²) < 4.78 is 79.9. The van der Waals surface area contributed by atoms with Gasteiger partial charge >= 0.3 is 0 Å². The first kappa shape index (κ1) is 32.1. The zero-order valence-corrected chi connectivity index (χ0v) is 26.7.